The van der Waals surface area contributed by atoms with Crippen molar-refractivity contribution in [3.8, 4) is 0 Å². The minimum absolute atomic E-state index is 0. The summed E-state index contributed by atoms with van der Waals surface area (Å²) in [5.74, 6) is -5.73. The summed E-state index contributed by atoms with van der Waals surface area (Å²) in [5, 5.41) is 11.7. The van der Waals surface area contributed by atoms with Gasteiger partial charge in [0.05, 0.1) is 34.1 Å². The Morgan fingerprint density at radius 3 is 2.44 bits per heavy atom. The lowest BCUT2D eigenvalue weighted by Gasteiger charge is -2.18. The Morgan fingerprint density at radius 2 is 1.92 bits per heavy atom. The van der Waals surface area contributed by atoms with Crippen molar-refractivity contribution in [1.29, 1.82) is 0 Å². The molecule has 2 atom stereocenters. The number of nitrogens with one attached hydrogen (secondary N) is 1. The van der Waals surface area contributed by atoms with E-state index in [4.69, 9.17) is 28.3 Å². The van der Waals surface area contributed by atoms with Gasteiger partial charge in [0.2, 0.25) is 5.91 Å². The van der Waals surface area contributed by atoms with Crippen LogP contribution in [0, 0.1) is 11.8 Å². The fraction of sp³-hybridized carbons (Fsp3) is 0.429. The van der Waals surface area contributed by atoms with E-state index >= 15 is 0 Å². The number of carbonyl (C=O) groups is 2. The zero-order chi connectivity index (χ0) is 18.1. The van der Waals surface area contributed by atoms with Crippen molar-refractivity contribution in [2.24, 2.45) is 11.8 Å². The van der Waals surface area contributed by atoms with Crippen molar-refractivity contribution in [1.82, 2.24) is 4.90 Å². The highest BCUT2D eigenvalue weighted by molar-refractivity contribution is 6.44. The Bertz CT molecular complexity index is 658. The Balaban J connectivity index is 0.00000312. The molecule has 1 aliphatic heterocycles. The first kappa shape index (κ1) is 21.8. The van der Waals surface area contributed by atoms with Crippen LogP contribution >= 0.6 is 35.6 Å². The molecule has 1 saturated heterocycles. The molecule has 1 aliphatic rings. The van der Waals surface area contributed by atoms with Crippen LogP contribution in [0.25, 0.3) is 0 Å². The van der Waals surface area contributed by atoms with Gasteiger partial charge in [-0.15, -0.1) is 12.4 Å². The predicted molar refractivity (Wildman–Crippen MR) is 89.5 cm³/mol. The third kappa shape index (κ3) is 5.37. The van der Waals surface area contributed by atoms with E-state index in [-0.39, 0.29) is 41.2 Å². The van der Waals surface area contributed by atoms with Gasteiger partial charge in [0.25, 0.3) is 0 Å². The number of likely N-dealkylation sites (tertiary alicyclic amines) is 1. The fourth-order valence-electron chi connectivity index (χ4n) is 2.59. The van der Waals surface area contributed by atoms with Crippen LogP contribution in [0.5, 0.6) is 0 Å². The Hall–Kier alpha value is -1.22. The molecule has 0 aliphatic carbocycles. The third-order valence-electron chi connectivity index (χ3n) is 3.73. The van der Waals surface area contributed by atoms with Gasteiger partial charge in [-0.3, -0.25) is 14.5 Å². The number of aliphatic carboxylic acids is 1. The summed E-state index contributed by atoms with van der Waals surface area (Å²) in [5.41, 5.74) is 0.232. The highest BCUT2D eigenvalue weighted by atomic mass is 35.5. The average Bonchev–Trinajstić information content (AvgIpc) is 2.88. The second kappa shape index (κ2) is 8.44. The van der Waals surface area contributed by atoms with E-state index in [1.165, 1.54) is 12.1 Å². The molecule has 0 saturated carbocycles. The molecular formula is C14H14Cl3F3N2O3. The molecule has 1 aromatic carbocycles. The molecule has 0 unspecified atom stereocenters. The molecule has 0 radical (unpaired) electrons. The number of benzene rings is 1. The lowest BCUT2D eigenvalue weighted by atomic mass is 9.96. The molecule has 2 rings (SSSR count). The number of carboxylic acid groups (broad SMARTS) is 1. The maximum absolute atomic E-state index is 12.9. The number of anilines is 1. The van der Waals surface area contributed by atoms with E-state index in [0.29, 0.717) is 0 Å². The first-order valence-corrected chi connectivity index (χ1v) is 7.61. The molecule has 2 N–H and O–H groups in total. The fourth-order valence-corrected chi connectivity index (χ4v) is 2.94. The van der Waals surface area contributed by atoms with Gasteiger partial charge in [0.1, 0.15) is 0 Å². The molecule has 0 bridgehead atoms. The summed E-state index contributed by atoms with van der Waals surface area (Å²) in [7, 11) is 0. The van der Waals surface area contributed by atoms with E-state index < -0.39 is 36.4 Å². The zero-order valence-electron chi connectivity index (χ0n) is 12.5. The smallest absolute Gasteiger partial charge is 0.393 e. The molecule has 140 valence electrons. The molecule has 0 spiro atoms. The Kier molecular flexibility index (Phi) is 7.37. The number of carbonyl (C=O) groups excluding carboxylic acids is 1. The van der Waals surface area contributed by atoms with Crippen molar-refractivity contribution < 1.29 is 27.9 Å². The van der Waals surface area contributed by atoms with Crippen molar-refractivity contribution in [3.05, 3.63) is 28.2 Å². The summed E-state index contributed by atoms with van der Waals surface area (Å²) in [6.45, 7) is -1.27. The predicted octanol–water partition coefficient (Wildman–Crippen LogP) is 3.55. The average molecular weight is 422 g/mol. The van der Waals surface area contributed by atoms with E-state index in [1.54, 1.807) is 6.07 Å². The number of amides is 1. The molecule has 0 aromatic heterocycles. The number of nitrogens with zero attached hydrogens (tertiary/aromatic N) is 1. The van der Waals surface area contributed by atoms with Crippen molar-refractivity contribution in [2.45, 2.75) is 6.18 Å². The number of rotatable bonds is 4. The minimum atomic E-state index is -4.63. The molecule has 1 aromatic rings. The Labute approximate surface area is 157 Å². The summed E-state index contributed by atoms with van der Waals surface area (Å²) in [4.78, 5) is 24.1. The highest BCUT2D eigenvalue weighted by Gasteiger charge is 2.52. The number of carboxylic acids is 1. The lowest BCUT2D eigenvalue weighted by molar-refractivity contribution is -0.188. The minimum Gasteiger partial charge on any atom is -0.481 e. The van der Waals surface area contributed by atoms with Crippen molar-refractivity contribution in [2.75, 3.05) is 25.0 Å². The van der Waals surface area contributed by atoms with Gasteiger partial charge in [0, 0.05) is 13.1 Å². The summed E-state index contributed by atoms with van der Waals surface area (Å²) < 4.78 is 38.7. The highest BCUT2D eigenvalue weighted by Crippen LogP contribution is 2.37. The van der Waals surface area contributed by atoms with Crippen LogP contribution in [0.3, 0.4) is 0 Å². The third-order valence-corrected chi connectivity index (χ3v) is 4.54. The van der Waals surface area contributed by atoms with Gasteiger partial charge in [-0.25, -0.2) is 0 Å². The van der Waals surface area contributed by atoms with Crippen LogP contribution in [0.4, 0.5) is 18.9 Å². The second-order valence-corrected chi connectivity index (χ2v) is 6.22. The van der Waals surface area contributed by atoms with E-state index in [1.807, 2.05) is 0 Å². The van der Waals surface area contributed by atoms with E-state index in [2.05, 4.69) is 5.32 Å². The van der Waals surface area contributed by atoms with Crippen LogP contribution < -0.4 is 5.32 Å². The molecular weight excluding hydrogens is 408 g/mol. The first-order valence-electron chi connectivity index (χ1n) is 6.85. The van der Waals surface area contributed by atoms with Crippen LogP contribution in [0.1, 0.15) is 0 Å². The van der Waals surface area contributed by atoms with Gasteiger partial charge in [0.15, 0.2) is 0 Å². The number of alkyl halides is 3. The normalized spacial score (nSPS) is 20.8. The molecule has 25 heavy (non-hydrogen) atoms. The number of halogens is 6. The van der Waals surface area contributed by atoms with Gasteiger partial charge >= 0.3 is 12.1 Å². The topological polar surface area (TPSA) is 69.6 Å². The molecule has 1 amide bonds. The molecule has 11 heteroatoms. The monoisotopic (exact) mass is 420 g/mol. The van der Waals surface area contributed by atoms with Gasteiger partial charge in [-0.2, -0.15) is 13.2 Å². The van der Waals surface area contributed by atoms with Crippen LogP contribution in [-0.4, -0.2) is 47.7 Å². The number of hydrogen-bond donors (Lipinski definition) is 2. The van der Waals surface area contributed by atoms with Gasteiger partial charge < -0.3 is 10.4 Å². The van der Waals surface area contributed by atoms with Crippen molar-refractivity contribution in [3.63, 3.8) is 0 Å². The molecule has 1 heterocycles. The number of hydrogen-bond acceptors (Lipinski definition) is 3. The summed E-state index contributed by atoms with van der Waals surface area (Å²) in [6.07, 6.45) is -4.63. The zero-order valence-corrected chi connectivity index (χ0v) is 14.8. The molecule has 1 fully saturated rings. The first-order chi connectivity index (χ1) is 11.1. The largest absolute Gasteiger partial charge is 0.481 e. The maximum atomic E-state index is 12.9. The van der Waals surface area contributed by atoms with Crippen molar-refractivity contribution >= 4 is 53.2 Å². The second-order valence-electron chi connectivity index (χ2n) is 5.44. The van der Waals surface area contributed by atoms with Crippen LogP contribution in [0.15, 0.2) is 18.2 Å². The van der Waals surface area contributed by atoms with Gasteiger partial charge in [-0.05, 0) is 12.1 Å². The summed E-state index contributed by atoms with van der Waals surface area (Å²) >= 11 is 11.7. The standard InChI is InChI=1S/C14H13Cl2F3N2O3.ClH/c15-9-2-1-3-10(12(9)16)20-11(22)6-21-4-7(13(23)24)8(5-21)14(17,18)19;/h1-3,7-8H,4-6H2,(H,20,22)(H,23,24);1H/t7-,8-;/m1./s1. The van der Waals surface area contributed by atoms with Gasteiger partial charge in [-0.1, -0.05) is 29.3 Å². The van der Waals surface area contributed by atoms with Crippen LogP contribution in [0.2, 0.25) is 10.0 Å². The lowest BCUT2D eigenvalue weighted by Crippen LogP contribution is -2.34. The maximum Gasteiger partial charge on any atom is 0.393 e. The molecule has 5 nitrogen and oxygen atoms in total. The Morgan fingerprint density at radius 1 is 1.28 bits per heavy atom. The summed E-state index contributed by atoms with van der Waals surface area (Å²) in [6, 6.07) is 4.57. The van der Waals surface area contributed by atoms with E-state index in [0.717, 1.165) is 4.90 Å². The SMILES string of the molecule is Cl.O=C(CN1C[C@@H](C(F)(F)F)[C@H](C(=O)O)C1)Nc1cccc(Cl)c1Cl. The van der Waals surface area contributed by atoms with E-state index in [9.17, 15) is 22.8 Å². The quantitative estimate of drug-likeness (QED) is 0.780. The van der Waals surface area contributed by atoms with Crippen LogP contribution in [-0.2, 0) is 9.59 Å².